The van der Waals surface area contributed by atoms with Crippen LogP contribution in [0.1, 0.15) is 35.2 Å². The van der Waals surface area contributed by atoms with Crippen LogP contribution in [0.4, 0.5) is 4.79 Å². The van der Waals surface area contributed by atoms with E-state index >= 15 is 0 Å². The van der Waals surface area contributed by atoms with Crippen molar-refractivity contribution in [1.82, 2.24) is 10.6 Å². The molecular weight excluding hydrogens is 416 g/mol. The highest BCUT2D eigenvalue weighted by Crippen LogP contribution is 2.33. The molecule has 1 heterocycles. The van der Waals surface area contributed by atoms with E-state index in [0.717, 1.165) is 16.7 Å². The molecule has 3 aromatic rings. The number of amides is 2. The Morgan fingerprint density at radius 1 is 0.970 bits per heavy atom. The van der Waals surface area contributed by atoms with Gasteiger partial charge < -0.3 is 20.1 Å². The van der Waals surface area contributed by atoms with Crippen LogP contribution in [0.5, 0.6) is 5.75 Å². The molecule has 2 N–H and O–H groups in total. The minimum absolute atomic E-state index is 0.227. The van der Waals surface area contributed by atoms with Crippen LogP contribution in [0.3, 0.4) is 0 Å². The molecule has 0 bridgehead atoms. The summed E-state index contributed by atoms with van der Waals surface area (Å²) in [5, 5.41) is 5.65. The molecule has 6 heteroatoms. The van der Waals surface area contributed by atoms with E-state index in [1.807, 2.05) is 85.8 Å². The van der Waals surface area contributed by atoms with Crippen molar-refractivity contribution in [3.8, 4) is 5.75 Å². The van der Waals surface area contributed by atoms with E-state index in [4.69, 9.17) is 9.47 Å². The third kappa shape index (κ3) is 5.23. The first-order valence-corrected chi connectivity index (χ1v) is 10.9. The summed E-state index contributed by atoms with van der Waals surface area (Å²) in [5.74, 6) is 0.158. The SMILES string of the molecule is CCOC(=O)C1=C(c2ccccc2)NC(=O)NC1c1cccc(OCc2ccc(C)cc2)c1. The van der Waals surface area contributed by atoms with E-state index in [2.05, 4.69) is 10.6 Å². The van der Waals surface area contributed by atoms with Gasteiger partial charge in [-0.05, 0) is 42.7 Å². The summed E-state index contributed by atoms with van der Waals surface area (Å²) >= 11 is 0. The van der Waals surface area contributed by atoms with Gasteiger partial charge in [0.2, 0.25) is 0 Å². The number of carbonyl (C=O) groups excluding carboxylic acids is 2. The zero-order chi connectivity index (χ0) is 23.2. The van der Waals surface area contributed by atoms with Gasteiger partial charge in [0.15, 0.2) is 0 Å². The number of rotatable bonds is 7. The highest BCUT2D eigenvalue weighted by molar-refractivity contribution is 6.04. The molecule has 168 valence electrons. The number of urea groups is 1. The largest absolute Gasteiger partial charge is 0.489 e. The van der Waals surface area contributed by atoms with E-state index < -0.39 is 18.0 Å². The molecule has 0 spiro atoms. The second kappa shape index (κ2) is 10.0. The average Bonchev–Trinajstić information content (AvgIpc) is 2.84. The van der Waals surface area contributed by atoms with Gasteiger partial charge in [0.05, 0.1) is 23.9 Å². The van der Waals surface area contributed by atoms with Gasteiger partial charge in [0.25, 0.3) is 0 Å². The summed E-state index contributed by atoms with van der Waals surface area (Å²) in [7, 11) is 0. The Morgan fingerprint density at radius 2 is 1.73 bits per heavy atom. The lowest BCUT2D eigenvalue weighted by Crippen LogP contribution is -2.45. The number of ether oxygens (including phenoxy) is 2. The fourth-order valence-electron chi connectivity index (χ4n) is 3.71. The van der Waals surface area contributed by atoms with Gasteiger partial charge in [-0.25, -0.2) is 9.59 Å². The Hall–Kier alpha value is -4.06. The maximum atomic E-state index is 13.0. The van der Waals surface area contributed by atoms with Crippen molar-refractivity contribution < 1.29 is 19.1 Å². The second-order valence-electron chi connectivity index (χ2n) is 7.75. The Bertz CT molecular complexity index is 1170. The molecule has 2 amide bonds. The van der Waals surface area contributed by atoms with Crippen molar-refractivity contribution >= 4 is 17.7 Å². The Kier molecular flexibility index (Phi) is 6.74. The smallest absolute Gasteiger partial charge is 0.338 e. The Labute approximate surface area is 193 Å². The van der Waals surface area contributed by atoms with Gasteiger partial charge in [-0.3, -0.25) is 0 Å². The number of esters is 1. The van der Waals surface area contributed by atoms with Crippen LogP contribution in [0.25, 0.3) is 5.70 Å². The third-order valence-corrected chi connectivity index (χ3v) is 5.35. The van der Waals surface area contributed by atoms with Crippen LogP contribution in [0, 0.1) is 6.92 Å². The molecule has 0 saturated carbocycles. The van der Waals surface area contributed by atoms with Gasteiger partial charge in [0.1, 0.15) is 12.4 Å². The number of aryl methyl sites for hydroxylation is 1. The van der Waals surface area contributed by atoms with Gasteiger partial charge in [0, 0.05) is 0 Å². The summed E-state index contributed by atoms with van der Waals surface area (Å²) < 4.78 is 11.3. The molecule has 1 unspecified atom stereocenters. The van der Waals surface area contributed by atoms with Gasteiger partial charge in [-0.2, -0.15) is 0 Å². The summed E-state index contributed by atoms with van der Waals surface area (Å²) in [4.78, 5) is 25.5. The van der Waals surface area contributed by atoms with E-state index in [1.165, 1.54) is 5.56 Å². The highest BCUT2D eigenvalue weighted by atomic mass is 16.5. The van der Waals surface area contributed by atoms with Crippen molar-refractivity contribution in [3.05, 3.63) is 107 Å². The average molecular weight is 443 g/mol. The van der Waals surface area contributed by atoms with E-state index in [0.29, 0.717) is 23.6 Å². The predicted molar refractivity (Wildman–Crippen MR) is 126 cm³/mol. The Balaban J connectivity index is 1.68. The molecule has 4 rings (SSSR count). The summed E-state index contributed by atoms with van der Waals surface area (Å²) in [6.07, 6.45) is 0. The van der Waals surface area contributed by atoms with Crippen LogP contribution < -0.4 is 15.4 Å². The van der Waals surface area contributed by atoms with Gasteiger partial charge in [-0.15, -0.1) is 0 Å². The van der Waals surface area contributed by atoms with E-state index in [-0.39, 0.29) is 6.61 Å². The van der Waals surface area contributed by atoms with Crippen molar-refractivity contribution in [3.63, 3.8) is 0 Å². The molecule has 0 fully saturated rings. The lowest BCUT2D eigenvalue weighted by molar-refractivity contribution is -0.138. The third-order valence-electron chi connectivity index (χ3n) is 5.35. The number of benzene rings is 3. The minimum Gasteiger partial charge on any atom is -0.489 e. The fourth-order valence-corrected chi connectivity index (χ4v) is 3.71. The first kappa shape index (κ1) is 22.1. The van der Waals surface area contributed by atoms with Crippen LogP contribution in [0.15, 0.2) is 84.4 Å². The molecule has 1 aliphatic heterocycles. The molecule has 33 heavy (non-hydrogen) atoms. The normalized spacial score (nSPS) is 15.5. The van der Waals surface area contributed by atoms with Crippen molar-refractivity contribution in [2.75, 3.05) is 6.61 Å². The molecule has 0 aliphatic carbocycles. The number of hydrogen-bond donors (Lipinski definition) is 2. The molecule has 1 aliphatic rings. The lowest BCUT2D eigenvalue weighted by atomic mass is 9.92. The molecule has 0 radical (unpaired) electrons. The lowest BCUT2D eigenvalue weighted by Gasteiger charge is -2.29. The Morgan fingerprint density at radius 3 is 2.45 bits per heavy atom. The van der Waals surface area contributed by atoms with Gasteiger partial charge >= 0.3 is 12.0 Å². The zero-order valence-electron chi connectivity index (χ0n) is 18.6. The standard InChI is InChI=1S/C27H26N2O4/c1-3-32-26(30)23-24(20-8-5-4-6-9-20)28-27(31)29-25(23)21-10-7-11-22(16-21)33-17-19-14-12-18(2)13-15-19/h4-16,25H,3,17H2,1-2H3,(H2,28,29,31). The monoisotopic (exact) mass is 442 g/mol. The highest BCUT2D eigenvalue weighted by Gasteiger charge is 2.34. The number of hydrogen-bond acceptors (Lipinski definition) is 4. The van der Waals surface area contributed by atoms with Crippen LogP contribution in [-0.4, -0.2) is 18.6 Å². The minimum atomic E-state index is -0.684. The van der Waals surface area contributed by atoms with Crippen LogP contribution in [0.2, 0.25) is 0 Å². The van der Waals surface area contributed by atoms with Gasteiger partial charge in [-0.1, -0.05) is 72.3 Å². The maximum Gasteiger partial charge on any atom is 0.338 e. The van der Waals surface area contributed by atoms with Crippen molar-refractivity contribution in [2.24, 2.45) is 0 Å². The van der Waals surface area contributed by atoms with Crippen molar-refractivity contribution in [1.29, 1.82) is 0 Å². The predicted octanol–water partition coefficient (Wildman–Crippen LogP) is 4.90. The molecular formula is C27H26N2O4. The molecule has 0 aromatic heterocycles. The van der Waals surface area contributed by atoms with E-state index in [9.17, 15) is 9.59 Å². The number of nitrogens with one attached hydrogen (secondary N) is 2. The van der Waals surface area contributed by atoms with Crippen molar-refractivity contribution in [2.45, 2.75) is 26.5 Å². The first-order valence-electron chi connectivity index (χ1n) is 10.9. The molecule has 6 nitrogen and oxygen atoms in total. The van der Waals surface area contributed by atoms with Crippen LogP contribution >= 0.6 is 0 Å². The molecule has 1 atom stereocenters. The topological polar surface area (TPSA) is 76.7 Å². The molecule has 3 aromatic carbocycles. The quantitative estimate of drug-likeness (QED) is 0.510. The zero-order valence-corrected chi connectivity index (χ0v) is 18.6. The summed E-state index contributed by atoms with van der Waals surface area (Å²) in [6.45, 7) is 4.44. The van der Waals surface area contributed by atoms with Crippen LogP contribution in [-0.2, 0) is 16.1 Å². The fraction of sp³-hybridized carbons (Fsp3) is 0.185. The first-order chi connectivity index (χ1) is 16.0. The maximum absolute atomic E-state index is 13.0. The summed E-state index contributed by atoms with van der Waals surface area (Å²) in [5.41, 5.74) is 4.48. The second-order valence-corrected chi connectivity index (χ2v) is 7.75. The molecule has 0 saturated heterocycles. The van der Waals surface area contributed by atoms with E-state index in [1.54, 1.807) is 6.92 Å². The number of carbonyl (C=O) groups is 2. The summed E-state index contributed by atoms with van der Waals surface area (Å²) in [6, 6.07) is 23.7.